The van der Waals surface area contributed by atoms with E-state index in [0.29, 0.717) is 6.61 Å². The van der Waals surface area contributed by atoms with Crippen LogP contribution in [0.4, 0.5) is 5.82 Å². The molecule has 0 unspecified atom stereocenters. The fourth-order valence-corrected chi connectivity index (χ4v) is 3.75. The second kappa shape index (κ2) is 6.41. The number of aromatic nitrogens is 2. The van der Waals surface area contributed by atoms with E-state index >= 15 is 0 Å². The number of fused-ring (bicyclic) bond motifs is 1. The Morgan fingerprint density at radius 3 is 2.91 bits per heavy atom. The van der Waals surface area contributed by atoms with Gasteiger partial charge in [-0.05, 0) is 32.8 Å². The van der Waals surface area contributed by atoms with Crippen LogP contribution in [0, 0.1) is 6.92 Å². The van der Waals surface area contributed by atoms with Crippen LogP contribution in [0.25, 0.3) is 10.2 Å². The average molecular weight is 334 g/mol. The first-order valence-corrected chi connectivity index (χ1v) is 8.66. The van der Waals surface area contributed by atoms with Gasteiger partial charge in [0.2, 0.25) is 0 Å². The number of hydrogen-bond donors (Lipinski definition) is 1. The largest absolute Gasteiger partial charge is 0.379 e. The summed E-state index contributed by atoms with van der Waals surface area (Å²) in [4.78, 5) is 24.8. The number of thiophene rings is 1. The minimum absolute atomic E-state index is 0.0376. The van der Waals surface area contributed by atoms with Gasteiger partial charge in [-0.15, -0.1) is 11.3 Å². The molecule has 23 heavy (non-hydrogen) atoms. The van der Waals surface area contributed by atoms with Crippen LogP contribution in [-0.4, -0.2) is 53.1 Å². The van der Waals surface area contributed by atoms with E-state index in [-0.39, 0.29) is 18.0 Å². The molecule has 1 saturated heterocycles. The van der Waals surface area contributed by atoms with Crippen LogP contribution in [0.2, 0.25) is 0 Å². The zero-order chi connectivity index (χ0) is 16.6. The van der Waals surface area contributed by atoms with Gasteiger partial charge in [0.1, 0.15) is 17.0 Å². The van der Waals surface area contributed by atoms with Crippen LogP contribution in [0.5, 0.6) is 0 Å². The van der Waals surface area contributed by atoms with Crippen molar-refractivity contribution in [3.05, 3.63) is 16.8 Å². The molecular formula is C16H22N4O2S. The third-order valence-electron chi connectivity index (χ3n) is 4.29. The van der Waals surface area contributed by atoms with E-state index in [4.69, 9.17) is 4.74 Å². The Morgan fingerprint density at radius 2 is 2.26 bits per heavy atom. The molecule has 0 saturated carbocycles. The molecule has 1 aliphatic rings. The molecule has 3 heterocycles. The predicted molar refractivity (Wildman–Crippen MR) is 92.2 cm³/mol. The van der Waals surface area contributed by atoms with Crippen LogP contribution in [0.1, 0.15) is 35.5 Å². The lowest BCUT2D eigenvalue weighted by molar-refractivity contribution is 0.0759. The molecule has 124 valence electrons. The molecule has 2 aromatic heterocycles. The number of amides is 1. The Morgan fingerprint density at radius 1 is 1.48 bits per heavy atom. The first-order valence-electron chi connectivity index (χ1n) is 7.84. The van der Waals surface area contributed by atoms with Gasteiger partial charge >= 0.3 is 0 Å². The highest BCUT2D eigenvalue weighted by Gasteiger charge is 2.24. The maximum Gasteiger partial charge on any atom is 0.264 e. The number of anilines is 1. The number of rotatable bonds is 4. The van der Waals surface area contributed by atoms with Gasteiger partial charge in [0, 0.05) is 19.7 Å². The second-order valence-corrected chi connectivity index (χ2v) is 7.17. The van der Waals surface area contributed by atoms with Gasteiger partial charge in [0.25, 0.3) is 5.91 Å². The van der Waals surface area contributed by atoms with Gasteiger partial charge in [-0.3, -0.25) is 4.79 Å². The zero-order valence-electron chi connectivity index (χ0n) is 13.9. The molecule has 1 atom stereocenters. The normalized spacial score (nSPS) is 17.9. The Kier molecular flexibility index (Phi) is 4.50. The summed E-state index contributed by atoms with van der Waals surface area (Å²) in [6.45, 7) is 7.45. The Balaban J connectivity index is 1.99. The van der Waals surface area contributed by atoms with E-state index in [1.807, 2.05) is 27.8 Å². The van der Waals surface area contributed by atoms with Crippen molar-refractivity contribution in [3.8, 4) is 0 Å². The summed E-state index contributed by atoms with van der Waals surface area (Å²) in [6, 6.07) is 0.427. The quantitative estimate of drug-likeness (QED) is 0.931. The van der Waals surface area contributed by atoms with Crippen LogP contribution in [-0.2, 0) is 4.74 Å². The third-order valence-corrected chi connectivity index (χ3v) is 5.47. The average Bonchev–Trinajstić information content (AvgIpc) is 3.14. The van der Waals surface area contributed by atoms with Gasteiger partial charge in [-0.25, -0.2) is 9.97 Å². The molecule has 1 amide bonds. The molecule has 1 fully saturated rings. The van der Waals surface area contributed by atoms with Gasteiger partial charge in [0.05, 0.1) is 22.9 Å². The third kappa shape index (κ3) is 3.03. The van der Waals surface area contributed by atoms with Gasteiger partial charge in [-0.2, -0.15) is 0 Å². The lowest BCUT2D eigenvalue weighted by Crippen LogP contribution is -2.32. The predicted octanol–water partition coefficient (Wildman–Crippen LogP) is 2.68. The number of ether oxygens (including phenoxy) is 1. The van der Waals surface area contributed by atoms with E-state index in [2.05, 4.69) is 15.3 Å². The van der Waals surface area contributed by atoms with E-state index in [1.165, 1.54) is 11.3 Å². The summed E-state index contributed by atoms with van der Waals surface area (Å²) in [5, 5.41) is 4.38. The summed E-state index contributed by atoms with van der Waals surface area (Å²) in [5.74, 6) is 0.834. The van der Waals surface area contributed by atoms with Crippen LogP contribution in [0.15, 0.2) is 6.33 Å². The Hall–Kier alpha value is -1.73. The van der Waals surface area contributed by atoms with Crippen molar-refractivity contribution in [1.82, 2.24) is 14.9 Å². The van der Waals surface area contributed by atoms with Gasteiger partial charge in [-0.1, -0.05) is 0 Å². The van der Waals surface area contributed by atoms with E-state index < -0.39 is 0 Å². The maximum atomic E-state index is 12.7. The molecule has 0 radical (unpaired) electrons. The highest BCUT2D eigenvalue weighted by molar-refractivity contribution is 7.20. The number of nitrogens with zero attached hydrogens (tertiary/aromatic N) is 3. The molecule has 1 aliphatic heterocycles. The maximum absolute atomic E-state index is 12.7. The second-order valence-electron chi connectivity index (χ2n) is 6.17. The molecule has 2 aromatic rings. The van der Waals surface area contributed by atoms with Crippen molar-refractivity contribution in [2.75, 3.05) is 25.6 Å². The number of nitrogens with one attached hydrogen (secondary N) is 1. The lowest BCUT2D eigenvalue weighted by atomic mass is 10.1. The molecule has 0 spiro atoms. The minimum Gasteiger partial charge on any atom is -0.379 e. The van der Waals surface area contributed by atoms with Crippen molar-refractivity contribution < 1.29 is 9.53 Å². The van der Waals surface area contributed by atoms with E-state index in [0.717, 1.165) is 39.5 Å². The van der Waals surface area contributed by atoms with Crippen molar-refractivity contribution in [3.63, 3.8) is 0 Å². The van der Waals surface area contributed by atoms with Gasteiger partial charge < -0.3 is 15.0 Å². The summed E-state index contributed by atoms with van der Waals surface area (Å²) >= 11 is 1.44. The fourth-order valence-electron chi connectivity index (χ4n) is 2.62. The zero-order valence-corrected chi connectivity index (χ0v) is 14.7. The SMILES string of the molecule is Cc1c(C(=O)N(C)C(C)C)sc2ncnc(N[C@@H]3CCOC3)c12. The smallest absolute Gasteiger partial charge is 0.264 e. The molecule has 0 bridgehead atoms. The first kappa shape index (κ1) is 16.1. The topological polar surface area (TPSA) is 67.4 Å². The minimum atomic E-state index is 0.0376. The first-order chi connectivity index (χ1) is 11.0. The molecular weight excluding hydrogens is 312 g/mol. The highest BCUT2D eigenvalue weighted by atomic mass is 32.1. The van der Waals surface area contributed by atoms with Crippen LogP contribution < -0.4 is 5.32 Å². The van der Waals surface area contributed by atoms with Crippen molar-refractivity contribution >= 4 is 33.3 Å². The molecule has 6 nitrogen and oxygen atoms in total. The molecule has 1 N–H and O–H groups in total. The van der Waals surface area contributed by atoms with E-state index in [1.54, 1.807) is 11.2 Å². The summed E-state index contributed by atoms with van der Waals surface area (Å²) < 4.78 is 5.41. The Labute approximate surface area is 139 Å². The summed E-state index contributed by atoms with van der Waals surface area (Å²) in [5.41, 5.74) is 0.949. The molecule has 0 aromatic carbocycles. The highest BCUT2D eigenvalue weighted by Crippen LogP contribution is 2.34. The lowest BCUT2D eigenvalue weighted by Gasteiger charge is -2.21. The number of carbonyl (C=O) groups is 1. The monoisotopic (exact) mass is 334 g/mol. The molecule has 0 aliphatic carbocycles. The van der Waals surface area contributed by atoms with Gasteiger partial charge in [0.15, 0.2) is 0 Å². The van der Waals surface area contributed by atoms with E-state index in [9.17, 15) is 4.79 Å². The molecule has 3 rings (SSSR count). The summed E-state index contributed by atoms with van der Waals surface area (Å²) in [7, 11) is 1.83. The number of hydrogen-bond acceptors (Lipinski definition) is 6. The number of aryl methyl sites for hydroxylation is 1. The molecule has 7 heteroatoms. The fraction of sp³-hybridized carbons (Fsp3) is 0.562. The van der Waals surface area contributed by atoms with Crippen molar-refractivity contribution in [1.29, 1.82) is 0 Å². The number of carbonyl (C=O) groups excluding carboxylic acids is 1. The van der Waals surface area contributed by atoms with Crippen LogP contribution in [0.3, 0.4) is 0 Å². The van der Waals surface area contributed by atoms with Crippen molar-refractivity contribution in [2.45, 2.75) is 39.3 Å². The summed E-state index contributed by atoms with van der Waals surface area (Å²) in [6.07, 6.45) is 2.52. The Bertz CT molecular complexity index is 722. The standard InChI is InChI=1S/C16H22N4O2S/c1-9(2)20(4)16(21)13-10(3)12-14(17-8-18-15(12)23-13)19-11-5-6-22-7-11/h8-9,11H,5-7H2,1-4H3,(H,17,18,19)/t11-/m1/s1. The van der Waals surface area contributed by atoms with Crippen molar-refractivity contribution in [2.24, 2.45) is 0 Å². The van der Waals surface area contributed by atoms with Crippen LogP contribution >= 0.6 is 11.3 Å².